The summed E-state index contributed by atoms with van der Waals surface area (Å²) in [5.41, 5.74) is 0. The maximum absolute atomic E-state index is 12.6. The number of aliphatic hydroxyl groups excluding tert-OH is 4. The van der Waals surface area contributed by atoms with Crippen molar-refractivity contribution in [2.45, 2.75) is 153 Å². The average molecular weight is 875 g/mol. The maximum atomic E-state index is 12.6. The first kappa shape index (κ1) is 56.6. The third kappa shape index (κ3) is 32.9. The van der Waals surface area contributed by atoms with Crippen molar-refractivity contribution in [1.29, 1.82) is 0 Å². The van der Waals surface area contributed by atoms with Crippen molar-refractivity contribution in [3.8, 4) is 0 Å². The van der Waals surface area contributed by atoms with E-state index in [9.17, 15) is 30.0 Å². The van der Waals surface area contributed by atoms with Gasteiger partial charge in [-0.1, -0.05) is 225 Å². The zero-order valence-corrected chi connectivity index (χ0v) is 38.0. The van der Waals surface area contributed by atoms with Crippen molar-refractivity contribution in [3.05, 3.63) is 146 Å². The number of aliphatic hydroxyl groups is 4. The lowest BCUT2D eigenvalue weighted by molar-refractivity contribution is -0.305. The smallest absolute Gasteiger partial charge is 0.331 e. The molecule has 1 rings (SSSR count). The lowest BCUT2D eigenvalue weighted by atomic mass is 9.99. The van der Waals surface area contributed by atoms with Gasteiger partial charge in [-0.15, -0.1) is 0 Å². The highest BCUT2D eigenvalue weighted by molar-refractivity contribution is 5.83. The summed E-state index contributed by atoms with van der Waals surface area (Å²) in [6.45, 7) is 3.03. The van der Waals surface area contributed by atoms with Crippen LogP contribution in [-0.4, -0.2) is 89.0 Å². The van der Waals surface area contributed by atoms with Gasteiger partial charge in [-0.2, -0.15) is 0 Å². The molecule has 6 atom stereocenters. The predicted octanol–water partition coefficient (Wildman–Crippen LogP) is 10.2. The lowest BCUT2D eigenvalue weighted by Gasteiger charge is -2.39. The minimum absolute atomic E-state index is 0.398. The molecule has 0 aliphatic carbocycles. The molecule has 1 aliphatic heterocycles. The van der Waals surface area contributed by atoms with Gasteiger partial charge < -0.3 is 39.4 Å². The second-order valence-corrected chi connectivity index (χ2v) is 15.2. The zero-order valence-electron chi connectivity index (χ0n) is 38.0. The highest BCUT2D eigenvalue weighted by Gasteiger charge is 2.44. The molecule has 1 fully saturated rings. The van der Waals surface area contributed by atoms with Crippen LogP contribution in [0.3, 0.4) is 0 Å². The van der Waals surface area contributed by atoms with Crippen molar-refractivity contribution in [2.75, 3.05) is 19.8 Å². The molecule has 1 heterocycles. The Morgan fingerprint density at radius 1 is 0.492 bits per heavy atom. The molecule has 0 aromatic carbocycles. The largest absolute Gasteiger partial charge is 0.458 e. The van der Waals surface area contributed by atoms with Crippen LogP contribution in [0.4, 0.5) is 0 Å². The summed E-state index contributed by atoms with van der Waals surface area (Å²) in [6, 6.07) is 0. The monoisotopic (exact) mass is 875 g/mol. The fourth-order valence-electron chi connectivity index (χ4n) is 6.03. The maximum Gasteiger partial charge on any atom is 0.331 e. The second-order valence-electron chi connectivity index (χ2n) is 15.2. The fraction of sp³-hybridized carbons (Fsp3) is 0.509. The zero-order chi connectivity index (χ0) is 45.9. The van der Waals surface area contributed by atoms with Gasteiger partial charge in [0.05, 0.1) is 13.2 Å². The second kappa shape index (κ2) is 41.6. The number of carbonyl (C=O) groups is 2. The first-order chi connectivity index (χ1) is 30.8. The van der Waals surface area contributed by atoms with Crippen LogP contribution < -0.4 is 0 Å². The summed E-state index contributed by atoms with van der Waals surface area (Å²) >= 11 is 0. The Morgan fingerprint density at radius 3 is 1.33 bits per heavy atom. The van der Waals surface area contributed by atoms with E-state index in [4.69, 9.17) is 18.9 Å². The molecule has 0 amide bonds. The molecule has 10 nitrogen and oxygen atoms in total. The molecule has 10 heteroatoms. The Labute approximate surface area is 378 Å². The van der Waals surface area contributed by atoms with E-state index in [0.717, 1.165) is 12.8 Å². The molecule has 4 N–H and O–H groups in total. The van der Waals surface area contributed by atoms with E-state index in [1.54, 1.807) is 30.4 Å². The van der Waals surface area contributed by atoms with E-state index in [-0.39, 0.29) is 0 Å². The van der Waals surface area contributed by atoms with Crippen LogP contribution in [0.15, 0.2) is 146 Å². The topological polar surface area (TPSA) is 152 Å². The molecular weight excluding hydrogens is 797 g/mol. The van der Waals surface area contributed by atoms with E-state index in [2.05, 4.69) is 38.2 Å². The van der Waals surface area contributed by atoms with Crippen molar-refractivity contribution >= 4 is 11.9 Å². The number of ether oxygens (including phenoxy) is 4. The summed E-state index contributed by atoms with van der Waals surface area (Å²) in [6.07, 6.45) is 55.5. The van der Waals surface area contributed by atoms with Crippen molar-refractivity contribution in [1.82, 2.24) is 0 Å². The minimum Gasteiger partial charge on any atom is -0.458 e. The van der Waals surface area contributed by atoms with Gasteiger partial charge in [0.2, 0.25) is 0 Å². The summed E-state index contributed by atoms with van der Waals surface area (Å²) in [5.74, 6) is -1.45. The van der Waals surface area contributed by atoms with Gasteiger partial charge in [-0.3, -0.25) is 0 Å². The molecule has 63 heavy (non-hydrogen) atoms. The molecule has 0 radical (unpaired) electrons. The quantitative estimate of drug-likeness (QED) is 0.0210. The molecule has 0 aromatic heterocycles. The standard InChI is InChI=1S/C53H78O10/c1-3-5-7-9-11-13-15-17-19-21-23-25-27-29-31-33-35-37-39-41-48(55)60-44-46(45-61-53-52(59)51(58)50(57)47(43-54)63-53)62-49(56)42-40-38-36-34-32-30-28-26-24-22-20-18-16-14-12-10-8-6-4-2/h19-42,46-47,50-54,57-59H,3-18,43-45H2,1-2H3/b21-19+,22-20+,25-23+,26-24+,29-27+,30-28+,33-31+,34-32+,37-35+,38-36+,41-39+,42-40+/t46-,47-,50+,51+,52-,53-/m1/s1. The Kier molecular flexibility index (Phi) is 37.4. The van der Waals surface area contributed by atoms with Gasteiger partial charge in [0, 0.05) is 12.2 Å². The predicted molar refractivity (Wildman–Crippen MR) is 255 cm³/mol. The SMILES string of the molecule is CCCCCCCCC/C=C/C=C/C=C/C=C/C=C/C=C/C(=O)OC[C@H](CO[C@@H]1O[C@H](CO)[C@H](O)[C@H](O)[C@H]1O)OC(=O)/C=C/C=C/C=C/C=C/C=C/C=C/CCCCCCCCC. The first-order valence-corrected chi connectivity index (χ1v) is 23.1. The first-order valence-electron chi connectivity index (χ1n) is 23.1. The Bertz CT molecular complexity index is 1520. The average Bonchev–Trinajstić information content (AvgIpc) is 3.28. The summed E-state index contributed by atoms with van der Waals surface area (Å²) < 4.78 is 21.7. The third-order valence-corrected chi connectivity index (χ3v) is 9.67. The van der Waals surface area contributed by atoms with Crippen LogP contribution in [-0.2, 0) is 28.5 Å². The lowest BCUT2D eigenvalue weighted by Crippen LogP contribution is -2.59. The summed E-state index contributed by atoms with van der Waals surface area (Å²) in [4.78, 5) is 25.1. The van der Waals surface area contributed by atoms with Crippen molar-refractivity contribution < 1.29 is 49.0 Å². The van der Waals surface area contributed by atoms with Crippen LogP contribution in [0, 0.1) is 0 Å². The number of hydrogen-bond donors (Lipinski definition) is 4. The molecule has 0 saturated carbocycles. The number of rotatable bonds is 35. The van der Waals surface area contributed by atoms with Crippen LogP contribution in [0.2, 0.25) is 0 Å². The fourth-order valence-corrected chi connectivity index (χ4v) is 6.03. The van der Waals surface area contributed by atoms with Crippen LogP contribution >= 0.6 is 0 Å². The van der Waals surface area contributed by atoms with Crippen LogP contribution in [0.25, 0.3) is 0 Å². The Hall–Kier alpha value is -4.42. The van der Waals surface area contributed by atoms with E-state index < -0.39 is 68.6 Å². The summed E-state index contributed by atoms with van der Waals surface area (Å²) in [7, 11) is 0. The van der Waals surface area contributed by atoms with Crippen LogP contribution in [0.5, 0.6) is 0 Å². The molecular formula is C53H78O10. The molecule has 0 bridgehead atoms. The van der Waals surface area contributed by atoms with Crippen LogP contribution in [0.1, 0.15) is 117 Å². The number of unbranched alkanes of at least 4 members (excludes halogenated alkanes) is 14. The molecule has 0 spiro atoms. The number of carbonyl (C=O) groups excluding carboxylic acids is 2. The van der Waals surface area contributed by atoms with E-state index in [1.165, 1.54) is 114 Å². The van der Waals surface area contributed by atoms with E-state index in [0.29, 0.717) is 0 Å². The Morgan fingerprint density at radius 2 is 0.889 bits per heavy atom. The number of esters is 2. The van der Waals surface area contributed by atoms with E-state index >= 15 is 0 Å². The molecule has 0 aromatic rings. The summed E-state index contributed by atoms with van der Waals surface area (Å²) in [5, 5.41) is 40.0. The molecule has 0 unspecified atom stereocenters. The van der Waals surface area contributed by atoms with Gasteiger partial charge in [0.1, 0.15) is 31.0 Å². The number of allylic oxidation sites excluding steroid dienone is 22. The van der Waals surface area contributed by atoms with Crippen molar-refractivity contribution in [3.63, 3.8) is 0 Å². The van der Waals surface area contributed by atoms with Gasteiger partial charge in [0.25, 0.3) is 0 Å². The van der Waals surface area contributed by atoms with E-state index in [1.807, 2.05) is 66.8 Å². The highest BCUT2D eigenvalue weighted by Crippen LogP contribution is 2.22. The van der Waals surface area contributed by atoms with Crippen molar-refractivity contribution in [2.24, 2.45) is 0 Å². The van der Waals surface area contributed by atoms with Gasteiger partial charge in [0.15, 0.2) is 12.4 Å². The molecule has 1 saturated heterocycles. The highest BCUT2D eigenvalue weighted by atomic mass is 16.7. The number of hydrogen-bond acceptors (Lipinski definition) is 10. The van der Waals surface area contributed by atoms with Gasteiger partial charge >= 0.3 is 11.9 Å². The Balaban J connectivity index is 2.57. The minimum atomic E-state index is -1.66. The van der Waals surface area contributed by atoms with Gasteiger partial charge in [-0.05, 0) is 25.7 Å². The third-order valence-electron chi connectivity index (χ3n) is 9.67. The molecule has 350 valence electrons. The normalized spacial score (nSPS) is 20.9. The molecule has 1 aliphatic rings. The van der Waals surface area contributed by atoms with Gasteiger partial charge in [-0.25, -0.2) is 9.59 Å².